The number of amides is 2. The zero-order chi connectivity index (χ0) is 43.4. The minimum atomic E-state index is -0.560. The van der Waals surface area contributed by atoms with Crippen molar-refractivity contribution in [2.24, 2.45) is 0 Å². The summed E-state index contributed by atoms with van der Waals surface area (Å²) < 4.78 is 16.5. The van der Waals surface area contributed by atoms with Gasteiger partial charge in [0.15, 0.2) is 0 Å². The lowest BCUT2D eigenvalue weighted by molar-refractivity contribution is 0.0400. The van der Waals surface area contributed by atoms with Crippen LogP contribution in [0.5, 0.6) is 0 Å². The number of ether oxygens (including phenoxy) is 3. The van der Waals surface area contributed by atoms with E-state index in [0.717, 1.165) is 50.4 Å². The van der Waals surface area contributed by atoms with Crippen molar-refractivity contribution in [2.45, 2.75) is 26.4 Å². The monoisotopic (exact) mass is 828 g/mol. The molecule has 6 aromatic rings. The third-order valence-electron chi connectivity index (χ3n) is 9.17. The second-order valence-electron chi connectivity index (χ2n) is 15.0. The van der Waals surface area contributed by atoms with E-state index in [1.165, 1.54) is 0 Å². The van der Waals surface area contributed by atoms with Crippen LogP contribution in [0.2, 0.25) is 0 Å². The van der Waals surface area contributed by atoms with Crippen LogP contribution >= 0.6 is 0 Å². The van der Waals surface area contributed by atoms with E-state index in [0.29, 0.717) is 45.1 Å². The number of nitrogens with one attached hydrogen (secondary N) is 2. The number of nitrogens with zero attached hydrogens (tertiary/aromatic N) is 4. The largest absolute Gasteiger partial charge is 0.444 e. The molecule has 2 N–H and O–H groups in total. The van der Waals surface area contributed by atoms with Crippen LogP contribution in [0.25, 0.3) is 36.5 Å². The number of pyridine rings is 3. The molecular weight excluding hydrogens is 777 g/mol. The molecule has 2 amide bonds. The zero-order valence-electron chi connectivity index (χ0n) is 35.3. The molecule has 11 nitrogen and oxygen atoms in total. The van der Waals surface area contributed by atoms with Gasteiger partial charge in [-0.1, -0.05) is 66.8 Å². The molecule has 0 radical (unpaired) electrons. The number of aromatic nitrogens is 3. The number of anilines is 3. The lowest BCUT2D eigenvalue weighted by atomic mass is 10.0. The highest BCUT2D eigenvalue weighted by atomic mass is 16.6. The van der Waals surface area contributed by atoms with Crippen molar-refractivity contribution >= 4 is 65.5 Å². The molecule has 316 valence electrons. The molecule has 0 aliphatic heterocycles. The normalized spacial score (nSPS) is 11.6. The maximum absolute atomic E-state index is 14.0. The third-order valence-corrected chi connectivity index (χ3v) is 9.17. The van der Waals surface area contributed by atoms with E-state index >= 15 is 0 Å². The van der Waals surface area contributed by atoms with Gasteiger partial charge in [-0.3, -0.25) is 19.7 Å². The second kappa shape index (κ2) is 23.0. The van der Waals surface area contributed by atoms with Gasteiger partial charge in [-0.05, 0) is 127 Å². The van der Waals surface area contributed by atoms with Gasteiger partial charge in [0.2, 0.25) is 0 Å². The Morgan fingerprint density at radius 2 is 0.919 bits per heavy atom. The summed E-state index contributed by atoms with van der Waals surface area (Å²) in [6.45, 7) is 7.35. The fraction of sp³-hybridized carbons (Fsp3) is 0.196. The number of hydrogen-bond acceptors (Lipinski definition) is 9. The number of carbonyl (C=O) groups is 2. The van der Waals surface area contributed by atoms with Gasteiger partial charge in [0.1, 0.15) is 5.60 Å². The third kappa shape index (κ3) is 14.5. The Labute approximate surface area is 363 Å². The lowest BCUT2D eigenvalue weighted by Crippen LogP contribution is -2.34. The average Bonchev–Trinajstić information content (AvgIpc) is 3.29. The highest BCUT2D eigenvalue weighted by molar-refractivity contribution is 6.00. The summed E-state index contributed by atoms with van der Waals surface area (Å²) in [5, 5.41) is 5.70. The van der Waals surface area contributed by atoms with Gasteiger partial charge in [0.05, 0.1) is 26.4 Å². The van der Waals surface area contributed by atoms with Crippen LogP contribution in [0.1, 0.15) is 64.5 Å². The Kier molecular flexibility index (Phi) is 16.4. The smallest absolute Gasteiger partial charge is 0.407 e. The van der Waals surface area contributed by atoms with Gasteiger partial charge < -0.3 is 29.7 Å². The molecule has 62 heavy (non-hydrogen) atoms. The summed E-state index contributed by atoms with van der Waals surface area (Å²) in [5.41, 5.74) is 8.54. The molecule has 6 rings (SSSR count). The van der Waals surface area contributed by atoms with Gasteiger partial charge in [0, 0.05) is 72.9 Å². The first kappa shape index (κ1) is 44.3. The number of hydrogen-bond donors (Lipinski definition) is 2. The predicted octanol–water partition coefficient (Wildman–Crippen LogP) is 10.1. The summed E-state index contributed by atoms with van der Waals surface area (Å²) >= 11 is 0. The van der Waals surface area contributed by atoms with Gasteiger partial charge in [0.25, 0.3) is 5.91 Å². The van der Waals surface area contributed by atoms with Crippen LogP contribution in [-0.2, 0) is 14.2 Å². The van der Waals surface area contributed by atoms with Crippen molar-refractivity contribution in [2.75, 3.05) is 44.4 Å². The standard InChI is InChI=1S/C51H52N6O5/c1-51(2,3)62-50(59)56-33-35-61-37-36-60-34-32-55-49(58)48-38-47(19-14-44(48)13-8-43-24-30-54-31-25-43)57(45-15-9-39(10-16-45)4-6-41-20-26-52-27-21-41)46-17-11-40(12-18-46)5-7-42-22-28-53-29-23-42/h4-31,38H,32-37H2,1-3H3,(H,55,58)(H,56,59)/b6-4+,7-5+,13-8+. The molecule has 0 unspecified atom stereocenters. The molecule has 0 aliphatic carbocycles. The SMILES string of the molecule is CC(C)(C)OC(=O)NCCOCCOCCNC(=O)c1cc(N(c2ccc(/C=C/c3ccncc3)cc2)c2ccc(/C=C/c3ccncc3)cc2)ccc1/C=C/c1ccncc1. The first-order valence-electron chi connectivity index (χ1n) is 20.5. The molecule has 11 heteroatoms. The van der Waals surface area contributed by atoms with E-state index in [2.05, 4.69) is 103 Å². The van der Waals surface area contributed by atoms with Crippen molar-refractivity contribution in [3.8, 4) is 0 Å². The molecule has 0 saturated carbocycles. The summed E-state index contributed by atoms with van der Waals surface area (Å²) in [5.74, 6) is -0.234. The highest BCUT2D eigenvalue weighted by Gasteiger charge is 2.18. The van der Waals surface area contributed by atoms with E-state index in [-0.39, 0.29) is 5.91 Å². The van der Waals surface area contributed by atoms with E-state index in [1.807, 2.05) is 87.5 Å². The quantitative estimate of drug-likeness (QED) is 0.0767. The summed E-state index contributed by atoms with van der Waals surface area (Å²) in [4.78, 5) is 40.3. The van der Waals surface area contributed by atoms with Crippen LogP contribution in [0.4, 0.5) is 21.9 Å². The molecule has 0 fully saturated rings. The Hall–Kier alpha value is -7.21. The zero-order valence-corrected chi connectivity index (χ0v) is 35.3. The summed E-state index contributed by atoms with van der Waals surface area (Å²) in [7, 11) is 0. The van der Waals surface area contributed by atoms with Gasteiger partial charge in [-0.2, -0.15) is 0 Å². The van der Waals surface area contributed by atoms with E-state index in [1.54, 1.807) is 37.2 Å². The van der Waals surface area contributed by atoms with Crippen molar-refractivity contribution in [1.82, 2.24) is 25.6 Å². The minimum absolute atomic E-state index is 0.234. The maximum atomic E-state index is 14.0. The van der Waals surface area contributed by atoms with Crippen LogP contribution in [0, 0.1) is 0 Å². The minimum Gasteiger partial charge on any atom is -0.444 e. The maximum Gasteiger partial charge on any atom is 0.407 e. The first-order valence-corrected chi connectivity index (χ1v) is 20.5. The fourth-order valence-electron chi connectivity index (χ4n) is 6.13. The first-order chi connectivity index (χ1) is 30.2. The summed E-state index contributed by atoms with van der Waals surface area (Å²) in [6, 6.07) is 34.3. The Balaban J connectivity index is 1.19. The van der Waals surface area contributed by atoms with Crippen molar-refractivity contribution in [3.63, 3.8) is 0 Å². The Morgan fingerprint density at radius 3 is 1.37 bits per heavy atom. The van der Waals surface area contributed by atoms with Gasteiger partial charge >= 0.3 is 6.09 Å². The van der Waals surface area contributed by atoms with Crippen molar-refractivity contribution in [1.29, 1.82) is 0 Å². The summed E-state index contributed by atoms with van der Waals surface area (Å²) in [6.07, 6.45) is 22.3. The fourth-order valence-corrected chi connectivity index (χ4v) is 6.13. The Morgan fingerprint density at radius 1 is 0.516 bits per heavy atom. The topological polar surface area (TPSA) is 128 Å². The molecular formula is C51H52N6O5. The molecule has 0 atom stereocenters. The molecule has 0 spiro atoms. The van der Waals surface area contributed by atoms with Gasteiger partial charge in [-0.15, -0.1) is 0 Å². The van der Waals surface area contributed by atoms with Crippen LogP contribution in [0.3, 0.4) is 0 Å². The molecule has 3 aromatic carbocycles. The number of alkyl carbamates (subject to hydrolysis) is 1. The number of benzene rings is 3. The molecule has 0 bridgehead atoms. The van der Waals surface area contributed by atoms with Crippen LogP contribution < -0.4 is 15.5 Å². The molecule has 0 saturated heterocycles. The molecule has 3 aromatic heterocycles. The van der Waals surface area contributed by atoms with Crippen molar-refractivity contribution in [3.05, 3.63) is 179 Å². The molecule has 3 heterocycles. The predicted molar refractivity (Wildman–Crippen MR) is 249 cm³/mol. The van der Waals surface area contributed by atoms with Crippen LogP contribution in [-0.4, -0.2) is 72.1 Å². The molecule has 0 aliphatic rings. The van der Waals surface area contributed by atoms with E-state index in [4.69, 9.17) is 14.2 Å². The van der Waals surface area contributed by atoms with E-state index in [9.17, 15) is 9.59 Å². The highest BCUT2D eigenvalue weighted by Crippen LogP contribution is 2.36. The lowest BCUT2D eigenvalue weighted by Gasteiger charge is -2.26. The van der Waals surface area contributed by atoms with E-state index < -0.39 is 11.7 Å². The van der Waals surface area contributed by atoms with Crippen molar-refractivity contribution < 1.29 is 23.8 Å². The second-order valence-corrected chi connectivity index (χ2v) is 15.0. The number of rotatable bonds is 19. The Bertz CT molecular complexity index is 2310. The average molecular weight is 829 g/mol. The van der Waals surface area contributed by atoms with Gasteiger partial charge in [-0.25, -0.2) is 4.79 Å². The van der Waals surface area contributed by atoms with Crippen LogP contribution in [0.15, 0.2) is 140 Å². The number of carbonyl (C=O) groups excluding carboxylic acids is 2.